The number of carbonyl (C=O) groups excluding carboxylic acids is 1. The van der Waals surface area contributed by atoms with E-state index in [-0.39, 0.29) is 21.2 Å². The zero-order valence-corrected chi connectivity index (χ0v) is 16.9. The summed E-state index contributed by atoms with van der Waals surface area (Å²) in [5, 5.41) is 2.80. The molecule has 0 bridgehead atoms. The van der Waals surface area contributed by atoms with Crippen molar-refractivity contribution >= 4 is 27.5 Å². The van der Waals surface area contributed by atoms with Gasteiger partial charge in [-0.25, -0.2) is 17.1 Å². The molecular weight excluding hydrogens is 395 g/mol. The fraction of sp³-hybridized carbons (Fsp3) is 0.278. The highest BCUT2D eigenvalue weighted by atomic mass is 35.5. The summed E-state index contributed by atoms with van der Waals surface area (Å²) in [6.45, 7) is 1.67. The first-order valence-electron chi connectivity index (χ1n) is 7.94. The van der Waals surface area contributed by atoms with E-state index in [1.807, 2.05) is 0 Å². The van der Waals surface area contributed by atoms with Crippen molar-refractivity contribution in [1.82, 2.24) is 9.62 Å². The Hall–Kier alpha value is -2.16. The van der Waals surface area contributed by atoms with Gasteiger partial charge in [0.1, 0.15) is 0 Å². The SMILES string of the molecule is COc1ccc([C@H](C)NC(=O)c2cc(S(=O)(=O)N(C)C)ccc2Cl)cc1F. The van der Waals surface area contributed by atoms with Gasteiger partial charge >= 0.3 is 0 Å². The lowest BCUT2D eigenvalue weighted by Gasteiger charge is -2.17. The van der Waals surface area contributed by atoms with E-state index in [1.54, 1.807) is 13.0 Å². The number of nitrogens with zero attached hydrogens (tertiary/aromatic N) is 1. The summed E-state index contributed by atoms with van der Waals surface area (Å²) >= 11 is 6.07. The van der Waals surface area contributed by atoms with E-state index in [2.05, 4.69) is 5.32 Å². The molecule has 27 heavy (non-hydrogen) atoms. The lowest BCUT2D eigenvalue weighted by atomic mass is 10.1. The van der Waals surface area contributed by atoms with Crippen LogP contribution >= 0.6 is 11.6 Å². The first-order valence-corrected chi connectivity index (χ1v) is 9.76. The molecule has 146 valence electrons. The van der Waals surface area contributed by atoms with Crippen LogP contribution in [-0.2, 0) is 10.0 Å². The van der Waals surface area contributed by atoms with Crippen molar-refractivity contribution in [1.29, 1.82) is 0 Å². The van der Waals surface area contributed by atoms with Gasteiger partial charge in [0, 0.05) is 14.1 Å². The van der Waals surface area contributed by atoms with Crippen molar-refractivity contribution < 1.29 is 22.3 Å². The molecule has 0 saturated heterocycles. The van der Waals surface area contributed by atoms with Crippen LogP contribution in [0.25, 0.3) is 0 Å². The molecule has 6 nitrogen and oxygen atoms in total. The topological polar surface area (TPSA) is 75.7 Å². The van der Waals surface area contributed by atoms with Gasteiger partial charge in [-0.1, -0.05) is 17.7 Å². The molecular formula is C18H20ClFN2O4S. The Labute approximate surface area is 162 Å². The second kappa shape index (κ2) is 8.24. The lowest BCUT2D eigenvalue weighted by Crippen LogP contribution is -2.28. The van der Waals surface area contributed by atoms with Crippen LogP contribution in [0.5, 0.6) is 5.75 Å². The molecule has 0 aliphatic carbocycles. The number of sulfonamides is 1. The molecule has 1 N–H and O–H groups in total. The second-order valence-electron chi connectivity index (χ2n) is 6.02. The number of carbonyl (C=O) groups is 1. The molecule has 0 saturated carbocycles. The van der Waals surface area contributed by atoms with Gasteiger partial charge in [0.25, 0.3) is 5.91 Å². The van der Waals surface area contributed by atoms with Crippen molar-refractivity contribution in [2.45, 2.75) is 17.9 Å². The summed E-state index contributed by atoms with van der Waals surface area (Å²) in [4.78, 5) is 12.5. The largest absolute Gasteiger partial charge is 0.494 e. The third-order valence-corrected chi connectivity index (χ3v) is 6.13. The fourth-order valence-corrected chi connectivity index (χ4v) is 3.49. The molecule has 0 spiro atoms. The number of rotatable bonds is 6. The highest BCUT2D eigenvalue weighted by molar-refractivity contribution is 7.89. The summed E-state index contributed by atoms with van der Waals surface area (Å²) < 4.78 is 44.3. The smallest absolute Gasteiger partial charge is 0.253 e. The number of hydrogen-bond donors (Lipinski definition) is 1. The van der Waals surface area contributed by atoms with Crippen LogP contribution in [-0.4, -0.2) is 39.8 Å². The van der Waals surface area contributed by atoms with E-state index in [9.17, 15) is 17.6 Å². The van der Waals surface area contributed by atoms with Crippen molar-refractivity contribution in [2.24, 2.45) is 0 Å². The average Bonchev–Trinajstić information content (AvgIpc) is 2.61. The van der Waals surface area contributed by atoms with E-state index in [4.69, 9.17) is 16.3 Å². The molecule has 0 unspecified atom stereocenters. The predicted molar refractivity (Wildman–Crippen MR) is 101 cm³/mol. The minimum Gasteiger partial charge on any atom is -0.494 e. The van der Waals surface area contributed by atoms with Crippen LogP contribution in [0, 0.1) is 5.82 Å². The molecule has 0 radical (unpaired) electrons. The first kappa shape index (κ1) is 21.1. The van der Waals surface area contributed by atoms with Gasteiger partial charge in [-0.2, -0.15) is 0 Å². The maximum absolute atomic E-state index is 13.9. The molecule has 0 aliphatic heterocycles. The van der Waals surface area contributed by atoms with E-state index in [0.717, 1.165) is 4.31 Å². The predicted octanol–water partition coefficient (Wildman–Crippen LogP) is 3.23. The summed E-state index contributed by atoms with van der Waals surface area (Å²) in [7, 11) is 0.434. The van der Waals surface area contributed by atoms with Gasteiger partial charge in [-0.3, -0.25) is 4.79 Å². The number of amides is 1. The Kier molecular flexibility index (Phi) is 6.46. The normalized spacial score (nSPS) is 12.7. The number of methoxy groups -OCH3 is 1. The summed E-state index contributed by atoms with van der Waals surface area (Å²) in [5.74, 6) is -1.02. The van der Waals surface area contributed by atoms with Crippen molar-refractivity contribution in [2.75, 3.05) is 21.2 Å². The van der Waals surface area contributed by atoms with Crippen molar-refractivity contribution in [3.8, 4) is 5.75 Å². The zero-order chi connectivity index (χ0) is 20.4. The Morgan fingerprint density at radius 3 is 2.44 bits per heavy atom. The monoisotopic (exact) mass is 414 g/mol. The third-order valence-electron chi connectivity index (χ3n) is 3.98. The van der Waals surface area contributed by atoms with E-state index in [0.29, 0.717) is 5.56 Å². The van der Waals surface area contributed by atoms with E-state index >= 15 is 0 Å². The number of ether oxygens (including phenoxy) is 1. The number of hydrogen-bond acceptors (Lipinski definition) is 4. The van der Waals surface area contributed by atoms with Crippen LogP contribution in [0.2, 0.25) is 5.02 Å². The molecule has 9 heteroatoms. The highest BCUT2D eigenvalue weighted by Crippen LogP contribution is 2.25. The molecule has 1 atom stereocenters. The highest BCUT2D eigenvalue weighted by Gasteiger charge is 2.22. The number of nitrogens with one attached hydrogen (secondary N) is 1. The molecule has 0 aromatic heterocycles. The van der Waals surface area contributed by atoms with E-state index in [1.165, 1.54) is 51.5 Å². The van der Waals surface area contributed by atoms with Crippen LogP contribution in [0.3, 0.4) is 0 Å². The molecule has 0 aliphatic rings. The molecule has 2 aromatic rings. The van der Waals surface area contributed by atoms with Crippen LogP contribution in [0.1, 0.15) is 28.9 Å². The molecule has 0 heterocycles. The summed E-state index contributed by atoms with van der Waals surface area (Å²) in [6.07, 6.45) is 0. The molecule has 1 amide bonds. The number of halogens is 2. The molecule has 2 rings (SSSR count). The second-order valence-corrected chi connectivity index (χ2v) is 8.58. The zero-order valence-electron chi connectivity index (χ0n) is 15.3. The standard InChI is InChI=1S/C18H20ClFN2O4S/c1-11(12-5-8-17(26-4)16(20)9-12)21-18(23)14-10-13(6-7-15(14)19)27(24,25)22(2)3/h5-11H,1-4H3,(H,21,23)/t11-/m0/s1. The Morgan fingerprint density at radius 1 is 1.22 bits per heavy atom. The first-order chi connectivity index (χ1) is 12.6. The van der Waals surface area contributed by atoms with Crippen molar-refractivity contribution in [3.05, 3.63) is 58.4 Å². The van der Waals surface area contributed by atoms with Crippen LogP contribution in [0.15, 0.2) is 41.3 Å². The van der Waals surface area contributed by atoms with Gasteiger partial charge < -0.3 is 10.1 Å². The number of benzene rings is 2. The lowest BCUT2D eigenvalue weighted by molar-refractivity contribution is 0.0939. The summed E-state index contributed by atoms with van der Waals surface area (Å²) in [6, 6.07) is 7.71. The van der Waals surface area contributed by atoms with Gasteiger partial charge in [0.05, 0.1) is 28.6 Å². The van der Waals surface area contributed by atoms with Gasteiger partial charge in [-0.05, 0) is 42.8 Å². The Morgan fingerprint density at radius 2 is 1.89 bits per heavy atom. The maximum atomic E-state index is 13.9. The van der Waals surface area contributed by atoms with E-state index < -0.39 is 27.8 Å². The molecule has 0 fully saturated rings. The maximum Gasteiger partial charge on any atom is 0.253 e. The van der Waals surface area contributed by atoms with Gasteiger partial charge in [0.15, 0.2) is 11.6 Å². The molecule has 2 aromatic carbocycles. The third kappa shape index (κ3) is 4.58. The fourth-order valence-electron chi connectivity index (χ4n) is 2.36. The Balaban J connectivity index is 2.29. The minimum atomic E-state index is -3.71. The Bertz CT molecular complexity index is 964. The van der Waals surface area contributed by atoms with Crippen molar-refractivity contribution in [3.63, 3.8) is 0 Å². The minimum absolute atomic E-state index is 0.0143. The van der Waals surface area contributed by atoms with Gasteiger partial charge in [-0.15, -0.1) is 0 Å². The van der Waals surface area contributed by atoms with Gasteiger partial charge in [0.2, 0.25) is 10.0 Å². The van der Waals surface area contributed by atoms with Crippen LogP contribution < -0.4 is 10.1 Å². The average molecular weight is 415 g/mol. The quantitative estimate of drug-likeness (QED) is 0.787. The summed E-state index contributed by atoms with van der Waals surface area (Å²) in [5.41, 5.74) is 0.537. The van der Waals surface area contributed by atoms with Crippen LogP contribution in [0.4, 0.5) is 4.39 Å².